The van der Waals surface area contributed by atoms with E-state index in [-0.39, 0.29) is 24.8 Å². The summed E-state index contributed by atoms with van der Waals surface area (Å²) in [5.41, 5.74) is 5.32. The maximum Gasteiger partial charge on any atom is 0.287 e. The number of hydrogen-bond donors (Lipinski definition) is 3. The molecule has 0 spiro atoms. The Morgan fingerprint density at radius 2 is 2.43 bits per heavy atom. The van der Waals surface area contributed by atoms with Gasteiger partial charge in [-0.1, -0.05) is 0 Å². The van der Waals surface area contributed by atoms with E-state index in [9.17, 15) is 4.79 Å². The van der Waals surface area contributed by atoms with Gasteiger partial charge in [-0.05, 0) is 19.1 Å². The summed E-state index contributed by atoms with van der Waals surface area (Å²) in [4.78, 5) is 11.3. The highest BCUT2D eigenvalue weighted by Gasteiger charge is 2.10. The van der Waals surface area contributed by atoms with Crippen molar-refractivity contribution in [3.05, 3.63) is 23.7 Å². The first-order valence-corrected chi connectivity index (χ1v) is 4.38. The highest BCUT2D eigenvalue weighted by atomic mass is 16.4. The summed E-state index contributed by atoms with van der Waals surface area (Å²) in [5, 5.41) is 11.4. The van der Waals surface area contributed by atoms with Crippen LogP contribution in [0.3, 0.4) is 0 Å². The lowest BCUT2D eigenvalue weighted by Gasteiger charge is -2.04. The van der Waals surface area contributed by atoms with Gasteiger partial charge in [-0.3, -0.25) is 4.79 Å². The number of hydrogen-bond acceptors (Lipinski definition) is 4. The molecule has 1 unspecified atom stereocenters. The molecule has 5 heteroatoms. The molecule has 0 aliphatic heterocycles. The van der Waals surface area contributed by atoms with Crippen LogP contribution in [0.2, 0.25) is 0 Å². The van der Waals surface area contributed by atoms with Crippen molar-refractivity contribution in [2.45, 2.75) is 19.6 Å². The minimum Gasteiger partial charge on any atom is -0.455 e. The van der Waals surface area contributed by atoms with Gasteiger partial charge in [0.05, 0.1) is 12.6 Å². The number of furan rings is 1. The first-order chi connectivity index (χ1) is 6.63. The minimum atomic E-state index is -0.567. The molecular weight excluding hydrogens is 184 g/mol. The fourth-order valence-electron chi connectivity index (χ4n) is 0.937. The highest BCUT2D eigenvalue weighted by Crippen LogP contribution is 2.06. The highest BCUT2D eigenvalue weighted by molar-refractivity contribution is 5.91. The molecule has 4 N–H and O–H groups in total. The largest absolute Gasteiger partial charge is 0.455 e. The van der Waals surface area contributed by atoms with E-state index in [2.05, 4.69) is 5.32 Å². The fourth-order valence-corrected chi connectivity index (χ4v) is 0.937. The van der Waals surface area contributed by atoms with Crippen molar-refractivity contribution in [3.63, 3.8) is 0 Å². The Kier molecular flexibility index (Phi) is 3.67. The maximum atomic E-state index is 11.3. The van der Waals surface area contributed by atoms with Crippen LogP contribution in [0.25, 0.3) is 0 Å². The molecule has 1 rings (SSSR count). The summed E-state index contributed by atoms with van der Waals surface area (Å²) in [6.07, 6.45) is -0.567. The molecule has 0 aliphatic rings. The van der Waals surface area contributed by atoms with E-state index in [1.807, 2.05) is 0 Å². The molecule has 0 radical (unpaired) electrons. The molecule has 0 saturated carbocycles. The van der Waals surface area contributed by atoms with Crippen LogP contribution in [-0.4, -0.2) is 23.7 Å². The Labute approximate surface area is 81.9 Å². The van der Waals surface area contributed by atoms with Crippen LogP contribution in [0.5, 0.6) is 0 Å². The number of aliphatic hydroxyl groups excluding tert-OH is 1. The molecule has 14 heavy (non-hydrogen) atoms. The first-order valence-electron chi connectivity index (χ1n) is 4.38. The van der Waals surface area contributed by atoms with E-state index < -0.39 is 6.10 Å². The predicted molar refractivity (Wildman–Crippen MR) is 50.6 cm³/mol. The standard InChI is InChI=1S/C9H14N2O3/c1-6(12)5-11-9(13)8-3-2-7(4-10)14-8/h2-3,6,12H,4-5,10H2,1H3,(H,11,13). The Morgan fingerprint density at radius 3 is 2.93 bits per heavy atom. The van der Waals surface area contributed by atoms with Gasteiger partial charge in [-0.2, -0.15) is 0 Å². The number of carbonyl (C=O) groups excluding carboxylic acids is 1. The molecule has 0 fully saturated rings. The van der Waals surface area contributed by atoms with Gasteiger partial charge in [0.15, 0.2) is 5.76 Å². The quantitative estimate of drug-likeness (QED) is 0.627. The Hall–Kier alpha value is -1.33. The molecule has 1 aromatic rings. The van der Waals surface area contributed by atoms with Gasteiger partial charge in [0, 0.05) is 6.54 Å². The first kappa shape index (κ1) is 10.7. The number of aliphatic hydroxyl groups is 1. The van der Waals surface area contributed by atoms with Crippen molar-refractivity contribution < 1.29 is 14.3 Å². The number of nitrogens with two attached hydrogens (primary N) is 1. The smallest absolute Gasteiger partial charge is 0.287 e. The molecule has 0 aliphatic carbocycles. The fraction of sp³-hybridized carbons (Fsp3) is 0.444. The van der Waals surface area contributed by atoms with E-state index in [0.717, 1.165) is 0 Å². The van der Waals surface area contributed by atoms with E-state index >= 15 is 0 Å². The monoisotopic (exact) mass is 198 g/mol. The summed E-state index contributed by atoms with van der Waals surface area (Å²) >= 11 is 0. The van der Waals surface area contributed by atoms with Gasteiger partial charge < -0.3 is 20.6 Å². The van der Waals surface area contributed by atoms with Crippen molar-refractivity contribution in [3.8, 4) is 0 Å². The van der Waals surface area contributed by atoms with Gasteiger partial charge in [-0.15, -0.1) is 0 Å². The zero-order valence-electron chi connectivity index (χ0n) is 7.99. The van der Waals surface area contributed by atoms with Crippen LogP contribution in [0, 0.1) is 0 Å². The van der Waals surface area contributed by atoms with Gasteiger partial charge in [0.1, 0.15) is 5.76 Å². The molecule has 1 atom stereocenters. The van der Waals surface area contributed by atoms with E-state index in [0.29, 0.717) is 5.76 Å². The molecule has 1 aromatic heterocycles. The molecule has 1 amide bonds. The molecule has 0 aromatic carbocycles. The van der Waals surface area contributed by atoms with Crippen LogP contribution in [0.1, 0.15) is 23.2 Å². The maximum absolute atomic E-state index is 11.3. The van der Waals surface area contributed by atoms with Crippen molar-refractivity contribution in [2.75, 3.05) is 6.54 Å². The van der Waals surface area contributed by atoms with Crippen molar-refractivity contribution in [2.24, 2.45) is 5.73 Å². The summed E-state index contributed by atoms with van der Waals surface area (Å²) in [7, 11) is 0. The summed E-state index contributed by atoms with van der Waals surface area (Å²) in [6, 6.07) is 3.21. The Bertz CT molecular complexity index is 307. The Balaban J connectivity index is 2.52. The third-order valence-electron chi connectivity index (χ3n) is 1.64. The summed E-state index contributed by atoms with van der Waals surface area (Å²) < 4.78 is 5.11. The average Bonchev–Trinajstić information content (AvgIpc) is 2.62. The molecule has 0 saturated heterocycles. The van der Waals surface area contributed by atoms with Crippen molar-refractivity contribution in [1.29, 1.82) is 0 Å². The average molecular weight is 198 g/mol. The molecule has 5 nitrogen and oxygen atoms in total. The van der Waals surface area contributed by atoms with Crippen molar-refractivity contribution >= 4 is 5.91 Å². The van der Waals surface area contributed by atoms with E-state index in [4.69, 9.17) is 15.3 Å². The Morgan fingerprint density at radius 1 is 1.71 bits per heavy atom. The van der Waals surface area contributed by atoms with E-state index in [1.54, 1.807) is 19.1 Å². The van der Waals surface area contributed by atoms with Crippen LogP contribution >= 0.6 is 0 Å². The minimum absolute atomic E-state index is 0.206. The van der Waals surface area contributed by atoms with E-state index in [1.165, 1.54) is 0 Å². The van der Waals surface area contributed by atoms with Gasteiger partial charge in [0.2, 0.25) is 0 Å². The SMILES string of the molecule is CC(O)CNC(=O)c1ccc(CN)o1. The summed E-state index contributed by atoms with van der Waals surface area (Å²) in [5.74, 6) is 0.434. The van der Waals surface area contributed by atoms with Gasteiger partial charge >= 0.3 is 0 Å². The zero-order valence-corrected chi connectivity index (χ0v) is 7.99. The lowest BCUT2D eigenvalue weighted by atomic mass is 10.3. The van der Waals surface area contributed by atoms with Crippen LogP contribution < -0.4 is 11.1 Å². The summed E-state index contributed by atoms with van der Waals surface area (Å²) in [6.45, 7) is 2.06. The van der Waals surface area contributed by atoms with Gasteiger partial charge in [-0.25, -0.2) is 0 Å². The third-order valence-corrected chi connectivity index (χ3v) is 1.64. The van der Waals surface area contributed by atoms with Crippen LogP contribution in [0.15, 0.2) is 16.5 Å². The molecule has 0 bridgehead atoms. The van der Waals surface area contributed by atoms with Crippen molar-refractivity contribution in [1.82, 2.24) is 5.32 Å². The molecular formula is C9H14N2O3. The predicted octanol–water partition coefficient (Wildman–Crippen LogP) is -0.151. The number of amides is 1. The topological polar surface area (TPSA) is 88.5 Å². The second kappa shape index (κ2) is 4.78. The second-order valence-corrected chi connectivity index (χ2v) is 3.03. The molecule has 78 valence electrons. The molecule has 1 heterocycles. The zero-order chi connectivity index (χ0) is 10.6. The lowest BCUT2D eigenvalue weighted by molar-refractivity contribution is 0.0895. The van der Waals surface area contributed by atoms with Crippen LogP contribution in [0.4, 0.5) is 0 Å². The number of rotatable bonds is 4. The number of carbonyl (C=O) groups is 1. The normalized spacial score (nSPS) is 12.5. The number of nitrogens with one attached hydrogen (secondary N) is 1. The van der Waals surface area contributed by atoms with Gasteiger partial charge in [0.25, 0.3) is 5.91 Å². The third kappa shape index (κ3) is 2.86. The lowest BCUT2D eigenvalue weighted by Crippen LogP contribution is -2.30. The second-order valence-electron chi connectivity index (χ2n) is 3.03. The van der Waals surface area contributed by atoms with Crippen LogP contribution in [-0.2, 0) is 6.54 Å².